The SMILES string of the molecule is CCC1C(C)C(CO)OC1n1cnc(C(N)=O)n1. The average molecular weight is 254 g/mol. The molecule has 3 N–H and O–H groups in total. The van der Waals surface area contributed by atoms with E-state index in [1.54, 1.807) is 0 Å². The van der Waals surface area contributed by atoms with Crippen LogP contribution in [0.1, 0.15) is 37.1 Å². The van der Waals surface area contributed by atoms with E-state index in [2.05, 4.69) is 17.0 Å². The number of amides is 1. The summed E-state index contributed by atoms with van der Waals surface area (Å²) in [4.78, 5) is 14.8. The van der Waals surface area contributed by atoms with Crippen LogP contribution in [0, 0.1) is 11.8 Å². The third-order valence-corrected chi connectivity index (χ3v) is 3.58. The van der Waals surface area contributed by atoms with E-state index in [0.29, 0.717) is 0 Å². The van der Waals surface area contributed by atoms with E-state index in [1.165, 1.54) is 11.0 Å². The molecule has 0 aliphatic carbocycles. The molecular formula is C11H18N4O3. The first-order valence-electron chi connectivity index (χ1n) is 6.05. The Morgan fingerprint density at radius 1 is 1.67 bits per heavy atom. The van der Waals surface area contributed by atoms with Crippen LogP contribution in [0.2, 0.25) is 0 Å². The van der Waals surface area contributed by atoms with Crippen LogP contribution >= 0.6 is 0 Å². The van der Waals surface area contributed by atoms with Gasteiger partial charge in [-0.2, -0.15) is 0 Å². The zero-order valence-electron chi connectivity index (χ0n) is 10.5. The molecule has 7 nitrogen and oxygen atoms in total. The van der Waals surface area contributed by atoms with Crippen LogP contribution in [0.4, 0.5) is 0 Å². The number of aliphatic hydroxyl groups is 1. The van der Waals surface area contributed by atoms with Crippen LogP contribution < -0.4 is 5.73 Å². The molecule has 0 saturated carbocycles. The van der Waals surface area contributed by atoms with Crippen molar-refractivity contribution in [2.75, 3.05) is 6.61 Å². The number of ether oxygens (including phenoxy) is 1. The number of rotatable bonds is 4. The van der Waals surface area contributed by atoms with E-state index in [4.69, 9.17) is 10.5 Å². The van der Waals surface area contributed by atoms with Gasteiger partial charge in [0, 0.05) is 5.92 Å². The van der Waals surface area contributed by atoms with Gasteiger partial charge in [0.25, 0.3) is 5.91 Å². The molecule has 0 bridgehead atoms. The molecule has 0 radical (unpaired) electrons. The Labute approximate surface area is 105 Å². The van der Waals surface area contributed by atoms with Gasteiger partial charge < -0.3 is 15.6 Å². The number of hydrogen-bond acceptors (Lipinski definition) is 5. The Hall–Kier alpha value is -1.47. The number of nitrogens with two attached hydrogens (primary N) is 1. The van der Waals surface area contributed by atoms with E-state index in [1.807, 2.05) is 6.92 Å². The Balaban J connectivity index is 2.23. The number of carbonyl (C=O) groups is 1. The largest absolute Gasteiger partial charge is 0.394 e. The van der Waals surface area contributed by atoms with Gasteiger partial charge in [-0.25, -0.2) is 9.67 Å². The molecule has 100 valence electrons. The third-order valence-electron chi connectivity index (χ3n) is 3.58. The first-order chi connectivity index (χ1) is 8.58. The second-order valence-electron chi connectivity index (χ2n) is 4.59. The number of nitrogens with zero attached hydrogens (tertiary/aromatic N) is 3. The van der Waals surface area contributed by atoms with Gasteiger partial charge in [0.2, 0.25) is 5.82 Å². The van der Waals surface area contributed by atoms with E-state index in [9.17, 15) is 9.90 Å². The number of aromatic nitrogens is 3. The van der Waals surface area contributed by atoms with E-state index < -0.39 is 5.91 Å². The van der Waals surface area contributed by atoms with Crippen molar-refractivity contribution in [2.24, 2.45) is 17.6 Å². The summed E-state index contributed by atoms with van der Waals surface area (Å²) in [6.45, 7) is 4.08. The van der Waals surface area contributed by atoms with Crippen molar-refractivity contribution in [2.45, 2.75) is 32.6 Å². The molecule has 0 aromatic carbocycles. The number of primary amides is 1. The minimum Gasteiger partial charge on any atom is -0.394 e. The molecule has 4 atom stereocenters. The van der Waals surface area contributed by atoms with Crippen LogP contribution in [0.25, 0.3) is 0 Å². The maximum Gasteiger partial charge on any atom is 0.288 e. The first kappa shape index (κ1) is 13.0. The van der Waals surface area contributed by atoms with Crippen molar-refractivity contribution in [1.82, 2.24) is 14.8 Å². The Bertz CT molecular complexity index is 434. The van der Waals surface area contributed by atoms with Crippen LogP contribution in [0.15, 0.2) is 6.33 Å². The highest BCUT2D eigenvalue weighted by Gasteiger charge is 2.41. The van der Waals surface area contributed by atoms with Gasteiger partial charge in [-0.1, -0.05) is 13.8 Å². The van der Waals surface area contributed by atoms with Crippen molar-refractivity contribution in [1.29, 1.82) is 0 Å². The lowest BCUT2D eigenvalue weighted by Gasteiger charge is -2.18. The average Bonchev–Trinajstić information content (AvgIpc) is 2.93. The summed E-state index contributed by atoms with van der Waals surface area (Å²) < 4.78 is 7.28. The van der Waals surface area contributed by atoms with Crippen LogP contribution in [0.3, 0.4) is 0 Å². The molecule has 1 aliphatic rings. The van der Waals surface area contributed by atoms with Gasteiger partial charge in [0.05, 0.1) is 12.7 Å². The lowest BCUT2D eigenvalue weighted by Crippen LogP contribution is -2.21. The lowest BCUT2D eigenvalue weighted by atomic mass is 9.89. The Kier molecular flexibility index (Phi) is 3.63. The van der Waals surface area contributed by atoms with Crippen molar-refractivity contribution >= 4 is 5.91 Å². The summed E-state index contributed by atoms with van der Waals surface area (Å²) in [6, 6.07) is 0. The summed E-state index contributed by atoms with van der Waals surface area (Å²) in [5, 5.41) is 13.3. The normalized spacial score (nSPS) is 31.7. The topological polar surface area (TPSA) is 103 Å². The lowest BCUT2D eigenvalue weighted by molar-refractivity contribution is -0.0429. The molecular weight excluding hydrogens is 236 g/mol. The molecule has 7 heteroatoms. The summed E-state index contributed by atoms with van der Waals surface area (Å²) in [6.07, 6.45) is 1.83. The molecule has 18 heavy (non-hydrogen) atoms. The van der Waals surface area contributed by atoms with Crippen LogP contribution in [-0.4, -0.2) is 38.5 Å². The summed E-state index contributed by atoms with van der Waals surface area (Å²) in [5.41, 5.74) is 5.12. The predicted molar refractivity (Wildman–Crippen MR) is 62.5 cm³/mol. The fourth-order valence-corrected chi connectivity index (χ4v) is 2.49. The standard InChI is InChI=1S/C11H18N4O3/c1-3-7-6(2)8(4-16)18-11(7)15-5-13-10(14-15)9(12)17/h5-8,11,16H,3-4H2,1-2H3,(H2,12,17). The van der Waals surface area contributed by atoms with Gasteiger partial charge >= 0.3 is 0 Å². The minimum atomic E-state index is -0.661. The van der Waals surface area contributed by atoms with Crippen molar-refractivity contribution in [3.63, 3.8) is 0 Å². The minimum absolute atomic E-state index is 0.0199. The number of aliphatic hydroxyl groups excluding tert-OH is 1. The van der Waals surface area contributed by atoms with Gasteiger partial charge in [0.15, 0.2) is 6.23 Å². The van der Waals surface area contributed by atoms with Crippen molar-refractivity contribution < 1.29 is 14.6 Å². The fraction of sp³-hybridized carbons (Fsp3) is 0.727. The molecule has 2 rings (SSSR count). The first-order valence-corrected chi connectivity index (χ1v) is 6.05. The molecule has 1 saturated heterocycles. The molecule has 4 unspecified atom stereocenters. The van der Waals surface area contributed by atoms with Crippen LogP contribution in [0.5, 0.6) is 0 Å². The molecule has 1 aromatic heterocycles. The van der Waals surface area contributed by atoms with Crippen molar-refractivity contribution in [3.8, 4) is 0 Å². The summed E-state index contributed by atoms with van der Waals surface area (Å²) in [7, 11) is 0. The number of hydrogen-bond donors (Lipinski definition) is 2. The van der Waals surface area contributed by atoms with Gasteiger partial charge in [-0.3, -0.25) is 4.79 Å². The second kappa shape index (κ2) is 5.03. The van der Waals surface area contributed by atoms with E-state index in [0.717, 1.165) is 6.42 Å². The highest BCUT2D eigenvalue weighted by molar-refractivity contribution is 5.88. The van der Waals surface area contributed by atoms with Gasteiger partial charge in [-0.05, 0) is 12.3 Å². The highest BCUT2D eigenvalue weighted by atomic mass is 16.5. The zero-order chi connectivity index (χ0) is 13.3. The monoisotopic (exact) mass is 254 g/mol. The summed E-state index contributed by atoms with van der Waals surface area (Å²) >= 11 is 0. The van der Waals surface area contributed by atoms with E-state index >= 15 is 0 Å². The molecule has 1 aliphatic heterocycles. The molecule has 0 spiro atoms. The quantitative estimate of drug-likeness (QED) is 0.782. The Morgan fingerprint density at radius 3 is 2.89 bits per heavy atom. The van der Waals surface area contributed by atoms with Crippen LogP contribution in [-0.2, 0) is 4.74 Å². The van der Waals surface area contributed by atoms with E-state index in [-0.39, 0.29) is 36.6 Å². The summed E-state index contributed by atoms with van der Waals surface area (Å²) in [5.74, 6) is -0.226. The highest BCUT2D eigenvalue weighted by Crippen LogP contribution is 2.40. The fourth-order valence-electron chi connectivity index (χ4n) is 2.49. The third kappa shape index (κ3) is 2.11. The molecule has 1 fully saturated rings. The number of carbonyl (C=O) groups excluding carboxylic acids is 1. The zero-order valence-corrected chi connectivity index (χ0v) is 10.5. The molecule has 1 aromatic rings. The molecule has 2 heterocycles. The smallest absolute Gasteiger partial charge is 0.288 e. The molecule has 1 amide bonds. The Morgan fingerprint density at radius 2 is 2.39 bits per heavy atom. The maximum absolute atomic E-state index is 11.0. The van der Waals surface area contributed by atoms with Gasteiger partial charge in [-0.15, -0.1) is 5.10 Å². The predicted octanol–water partition coefficient (Wildman–Crippen LogP) is -0.0710. The maximum atomic E-state index is 11.0. The van der Waals surface area contributed by atoms with Gasteiger partial charge in [0.1, 0.15) is 6.33 Å². The van der Waals surface area contributed by atoms with Crippen molar-refractivity contribution in [3.05, 3.63) is 12.2 Å². The second-order valence-corrected chi connectivity index (χ2v) is 4.59.